The van der Waals surface area contributed by atoms with Gasteiger partial charge in [-0.25, -0.2) is 13.7 Å². The molecule has 0 unspecified atom stereocenters. The van der Waals surface area contributed by atoms with Crippen LogP contribution in [0.25, 0.3) is 5.57 Å². The van der Waals surface area contributed by atoms with E-state index in [0.717, 1.165) is 28.2 Å². The van der Waals surface area contributed by atoms with Crippen LogP contribution in [0.1, 0.15) is 16.0 Å². The smallest absolute Gasteiger partial charge is 0.282 e. The fraction of sp³-hybridized carbons (Fsp3) is 0.0909. The van der Waals surface area contributed by atoms with Gasteiger partial charge in [0.15, 0.2) is 0 Å². The third-order valence-electron chi connectivity index (χ3n) is 4.64. The van der Waals surface area contributed by atoms with Crippen LogP contribution in [0.4, 0.5) is 20.2 Å². The molecule has 1 aliphatic heterocycles. The van der Waals surface area contributed by atoms with Gasteiger partial charge in [-0.3, -0.25) is 9.59 Å². The van der Waals surface area contributed by atoms with Crippen LogP contribution in [-0.4, -0.2) is 11.8 Å². The average Bonchev–Trinajstić information content (AvgIpc) is 3.26. The van der Waals surface area contributed by atoms with Gasteiger partial charge in [0.25, 0.3) is 11.8 Å². The molecular formula is C22H16F2N2O2S. The Balaban J connectivity index is 1.83. The molecule has 7 heteroatoms. The molecule has 0 aliphatic carbocycles. The van der Waals surface area contributed by atoms with E-state index in [0.29, 0.717) is 16.6 Å². The van der Waals surface area contributed by atoms with Crippen LogP contribution in [0, 0.1) is 25.5 Å². The van der Waals surface area contributed by atoms with Crippen LogP contribution < -0.4 is 10.2 Å². The molecule has 2 amide bonds. The summed E-state index contributed by atoms with van der Waals surface area (Å²) in [6.45, 7) is 3.84. The molecule has 4 rings (SSSR count). The number of nitrogens with one attached hydrogen (secondary N) is 1. The minimum atomic E-state index is -0.981. The molecular weight excluding hydrogens is 394 g/mol. The van der Waals surface area contributed by atoms with E-state index in [-0.39, 0.29) is 17.0 Å². The summed E-state index contributed by atoms with van der Waals surface area (Å²) in [7, 11) is 0. The molecule has 0 saturated heterocycles. The number of carbonyl (C=O) groups excluding carboxylic acids is 2. The number of benzene rings is 2. The SMILES string of the molecule is Cc1ccc(NC2=C(c3cccs3)C(=O)N(c3ccc(F)cc3F)C2=O)c(C)c1. The van der Waals surface area contributed by atoms with Crippen LogP contribution in [0.3, 0.4) is 0 Å². The fourth-order valence-electron chi connectivity index (χ4n) is 3.26. The highest BCUT2D eigenvalue weighted by Crippen LogP contribution is 2.36. The predicted octanol–water partition coefficient (Wildman–Crippen LogP) is 5.04. The molecule has 0 saturated carbocycles. The predicted molar refractivity (Wildman–Crippen MR) is 110 cm³/mol. The van der Waals surface area contributed by atoms with Crippen molar-refractivity contribution >= 4 is 40.1 Å². The number of anilines is 2. The summed E-state index contributed by atoms with van der Waals surface area (Å²) in [6, 6.07) is 11.9. The van der Waals surface area contributed by atoms with Gasteiger partial charge >= 0.3 is 0 Å². The second kappa shape index (κ2) is 7.25. The van der Waals surface area contributed by atoms with E-state index < -0.39 is 23.4 Å². The Labute approximate surface area is 170 Å². The molecule has 0 radical (unpaired) electrons. The van der Waals surface area contributed by atoms with E-state index in [2.05, 4.69) is 5.32 Å². The lowest BCUT2D eigenvalue weighted by molar-refractivity contribution is -0.120. The first kappa shape index (κ1) is 19.0. The topological polar surface area (TPSA) is 49.4 Å². The lowest BCUT2D eigenvalue weighted by Gasteiger charge is -2.16. The largest absolute Gasteiger partial charge is 0.350 e. The van der Waals surface area contributed by atoms with Gasteiger partial charge in [0.1, 0.15) is 17.3 Å². The Hall–Kier alpha value is -3.32. The van der Waals surface area contributed by atoms with E-state index in [1.54, 1.807) is 17.5 Å². The third-order valence-corrected chi connectivity index (χ3v) is 5.53. The van der Waals surface area contributed by atoms with E-state index in [4.69, 9.17) is 0 Å². The van der Waals surface area contributed by atoms with Crippen molar-refractivity contribution in [2.24, 2.45) is 0 Å². The van der Waals surface area contributed by atoms with Gasteiger partial charge < -0.3 is 5.32 Å². The van der Waals surface area contributed by atoms with Crippen molar-refractivity contribution in [2.45, 2.75) is 13.8 Å². The van der Waals surface area contributed by atoms with E-state index >= 15 is 0 Å². The fourth-order valence-corrected chi connectivity index (χ4v) is 4.03. The van der Waals surface area contributed by atoms with Crippen molar-refractivity contribution in [3.8, 4) is 0 Å². The van der Waals surface area contributed by atoms with Crippen molar-refractivity contribution in [3.05, 3.63) is 87.2 Å². The molecule has 0 bridgehead atoms. The molecule has 0 fully saturated rings. The number of rotatable bonds is 4. The normalized spacial score (nSPS) is 14.1. The van der Waals surface area contributed by atoms with Crippen molar-refractivity contribution in [3.63, 3.8) is 0 Å². The Kier molecular flexibility index (Phi) is 4.76. The Morgan fingerprint density at radius 3 is 2.41 bits per heavy atom. The molecule has 29 heavy (non-hydrogen) atoms. The molecule has 0 spiro atoms. The first-order chi connectivity index (χ1) is 13.9. The monoisotopic (exact) mass is 410 g/mol. The Morgan fingerprint density at radius 1 is 0.966 bits per heavy atom. The number of amides is 2. The van der Waals surface area contributed by atoms with E-state index in [1.165, 1.54) is 11.3 Å². The first-order valence-corrected chi connectivity index (χ1v) is 9.71. The summed E-state index contributed by atoms with van der Waals surface area (Å²) in [6.07, 6.45) is 0. The highest BCUT2D eigenvalue weighted by molar-refractivity contribution is 7.11. The number of imide groups is 1. The maximum Gasteiger partial charge on any atom is 0.282 e. The Morgan fingerprint density at radius 2 is 1.76 bits per heavy atom. The first-order valence-electron chi connectivity index (χ1n) is 8.83. The standard InChI is InChI=1S/C22H16F2N2O2S/c1-12-5-7-16(13(2)10-12)25-20-19(18-4-3-9-29-18)21(27)26(22(20)28)17-8-6-14(23)11-15(17)24/h3-11,25H,1-2H3. The maximum atomic E-state index is 14.4. The van der Waals surface area contributed by atoms with E-state index in [9.17, 15) is 18.4 Å². The van der Waals surface area contributed by atoms with Crippen LogP contribution in [-0.2, 0) is 9.59 Å². The average molecular weight is 410 g/mol. The third kappa shape index (κ3) is 3.34. The summed E-state index contributed by atoms with van der Waals surface area (Å²) in [4.78, 5) is 27.6. The Bertz CT molecular complexity index is 1170. The van der Waals surface area contributed by atoms with Crippen LogP contribution in [0.15, 0.2) is 59.6 Å². The zero-order valence-electron chi connectivity index (χ0n) is 15.6. The lowest BCUT2D eigenvalue weighted by atomic mass is 10.1. The molecule has 2 heterocycles. The van der Waals surface area contributed by atoms with Crippen molar-refractivity contribution in [2.75, 3.05) is 10.2 Å². The molecule has 0 atom stereocenters. The molecule has 1 aliphatic rings. The zero-order valence-corrected chi connectivity index (χ0v) is 16.4. The quantitative estimate of drug-likeness (QED) is 0.613. The number of carbonyl (C=O) groups is 2. The summed E-state index contributed by atoms with van der Waals surface area (Å²) >= 11 is 1.30. The summed E-state index contributed by atoms with van der Waals surface area (Å²) < 4.78 is 27.7. The minimum absolute atomic E-state index is 0.0631. The van der Waals surface area contributed by atoms with Gasteiger partial charge in [0, 0.05) is 16.6 Å². The molecule has 3 aromatic rings. The summed E-state index contributed by atoms with van der Waals surface area (Å²) in [5.41, 5.74) is 2.57. The second-order valence-corrected chi connectivity index (χ2v) is 7.66. The van der Waals surface area contributed by atoms with Gasteiger partial charge in [0.05, 0.1) is 11.3 Å². The molecule has 4 nitrogen and oxygen atoms in total. The molecule has 1 aromatic heterocycles. The van der Waals surface area contributed by atoms with Gasteiger partial charge in [-0.1, -0.05) is 23.8 Å². The number of nitrogens with zero attached hydrogens (tertiary/aromatic N) is 1. The maximum absolute atomic E-state index is 14.4. The van der Waals surface area contributed by atoms with Crippen LogP contribution >= 0.6 is 11.3 Å². The highest BCUT2D eigenvalue weighted by atomic mass is 32.1. The van der Waals surface area contributed by atoms with E-state index in [1.807, 2.05) is 32.0 Å². The highest BCUT2D eigenvalue weighted by Gasteiger charge is 2.41. The summed E-state index contributed by atoms with van der Waals surface area (Å²) in [5.74, 6) is -3.12. The van der Waals surface area contributed by atoms with Crippen molar-refractivity contribution in [1.29, 1.82) is 0 Å². The van der Waals surface area contributed by atoms with Gasteiger partial charge in [-0.15, -0.1) is 11.3 Å². The molecule has 146 valence electrons. The molecule has 2 aromatic carbocycles. The van der Waals surface area contributed by atoms with Gasteiger partial charge in [0.2, 0.25) is 0 Å². The zero-order chi connectivity index (χ0) is 20.7. The van der Waals surface area contributed by atoms with Crippen LogP contribution in [0.5, 0.6) is 0 Å². The van der Waals surface area contributed by atoms with Gasteiger partial charge in [-0.2, -0.15) is 0 Å². The van der Waals surface area contributed by atoms with Crippen molar-refractivity contribution in [1.82, 2.24) is 0 Å². The summed E-state index contributed by atoms with van der Waals surface area (Å²) in [5, 5.41) is 4.85. The van der Waals surface area contributed by atoms with Gasteiger partial charge in [-0.05, 0) is 49.1 Å². The number of hydrogen-bond acceptors (Lipinski definition) is 4. The second-order valence-electron chi connectivity index (χ2n) is 6.71. The van der Waals surface area contributed by atoms with Crippen LogP contribution in [0.2, 0.25) is 0 Å². The number of thiophene rings is 1. The molecule has 1 N–H and O–H groups in total. The number of hydrogen-bond donors (Lipinski definition) is 1. The minimum Gasteiger partial charge on any atom is -0.350 e. The number of halogens is 2. The number of aryl methyl sites for hydroxylation is 2. The lowest BCUT2D eigenvalue weighted by Crippen LogP contribution is -2.33. The van der Waals surface area contributed by atoms with Crippen molar-refractivity contribution < 1.29 is 18.4 Å².